The number of aldehydes is 1. The maximum Gasteiger partial charge on any atom is 0.157 e. The third-order valence-electron chi connectivity index (χ3n) is 2.55. The van der Waals surface area contributed by atoms with Gasteiger partial charge in [0.15, 0.2) is 6.29 Å². The fraction of sp³-hybridized carbons (Fsp3) is 0.400. The molecule has 0 saturated heterocycles. The highest BCUT2D eigenvalue weighted by molar-refractivity contribution is 5.59. The summed E-state index contributed by atoms with van der Waals surface area (Å²) >= 11 is 0. The Morgan fingerprint density at radius 1 is 1.35 bits per heavy atom. The number of hydrogen-bond donors (Lipinski definition) is 0. The first-order valence-electron chi connectivity index (χ1n) is 6.13. The lowest BCUT2D eigenvalue weighted by Crippen LogP contribution is -2.00. The normalized spacial score (nSPS) is 10.7. The van der Waals surface area contributed by atoms with Crippen LogP contribution in [0.3, 0.4) is 0 Å². The van der Waals surface area contributed by atoms with Gasteiger partial charge < -0.3 is 4.74 Å². The van der Waals surface area contributed by atoms with Gasteiger partial charge in [0.05, 0.1) is 0 Å². The van der Waals surface area contributed by atoms with Crippen LogP contribution in [-0.4, -0.2) is 12.9 Å². The molecule has 0 aliphatic rings. The van der Waals surface area contributed by atoms with Crippen LogP contribution >= 0.6 is 0 Å². The zero-order valence-corrected chi connectivity index (χ0v) is 10.6. The molecular weight excluding hydrogens is 212 g/mol. The van der Waals surface area contributed by atoms with Crippen molar-refractivity contribution in [3.63, 3.8) is 0 Å². The smallest absolute Gasteiger partial charge is 0.157 e. The number of rotatable bonds is 7. The molecule has 0 aromatic heterocycles. The first-order valence-corrected chi connectivity index (χ1v) is 6.13. The van der Waals surface area contributed by atoms with Gasteiger partial charge in [-0.25, -0.2) is 0 Å². The van der Waals surface area contributed by atoms with Crippen LogP contribution < -0.4 is 4.74 Å². The lowest BCUT2D eigenvalue weighted by Gasteiger charge is -2.09. The van der Waals surface area contributed by atoms with Gasteiger partial charge in [-0.05, 0) is 37.5 Å². The van der Waals surface area contributed by atoms with Gasteiger partial charge in [0.1, 0.15) is 12.4 Å². The van der Waals surface area contributed by atoms with Gasteiger partial charge in [0.2, 0.25) is 0 Å². The van der Waals surface area contributed by atoms with Crippen LogP contribution in [0.25, 0.3) is 6.08 Å². The highest BCUT2D eigenvalue weighted by Crippen LogP contribution is 2.22. The van der Waals surface area contributed by atoms with E-state index in [1.807, 2.05) is 25.1 Å². The summed E-state index contributed by atoms with van der Waals surface area (Å²) in [5, 5.41) is 0. The third-order valence-corrected chi connectivity index (χ3v) is 2.55. The van der Waals surface area contributed by atoms with Crippen molar-refractivity contribution in [2.45, 2.75) is 33.1 Å². The Kier molecular flexibility index (Phi) is 6.08. The van der Waals surface area contributed by atoms with Crippen LogP contribution in [0, 0.1) is 0 Å². The summed E-state index contributed by atoms with van der Waals surface area (Å²) in [6.07, 6.45) is 8.24. The number of unbranched alkanes of at least 4 members (excludes halogenated alkanes) is 1. The minimum Gasteiger partial charge on any atom is -0.486 e. The maximum absolute atomic E-state index is 10.3. The minimum absolute atomic E-state index is 0.110. The number of carbonyl (C=O) groups is 1. The third kappa shape index (κ3) is 4.43. The second-order valence-electron chi connectivity index (χ2n) is 3.95. The Balaban J connectivity index is 2.86. The average Bonchev–Trinajstić information content (AvgIpc) is 2.35. The minimum atomic E-state index is 0.110. The van der Waals surface area contributed by atoms with Crippen LogP contribution in [-0.2, 0) is 11.2 Å². The fourth-order valence-corrected chi connectivity index (χ4v) is 1.70. The van der Waals surface area contributed by atoms with E-state index in [1.54, 1.807) is 0 Å². The molecule has 0 aliphatic heterocycles. The van der Waals surface area contributed by atoms with Gasteiger partial charge >= 0.3 is 0 Å². The molecule has 0 atom stereocenters. The predicted molar refractivity (Wildman–Crippen MR) is 71.3 cm³/mol. The van der Waals surface area contributed by atoms with E-state index in [9.17, 15) is 4.79 Å². The van der Waals surface area contributed by atoms with Crippen LogP contribution in [0.15, 0.2) is 24.3 Å². The lowest BCUT2D eigenvalue weighted by atomic mass is 10.0. The monoisotopic (exact) mass is 232 g/mol. The molecule has 0 amide bonds. The van der Waals surface area contributed by atoms with E-state index >= 15 is 0 Å². The van der Waals surface area contributed by atoms with Crippen molar-refractivity contribution in [1.82, 2.24) is 0 Å². The molecule has 0 saturated carbocycles. The highest BCUT2D eigenvalue weighted by Gasteiger charge is 2.02. The van der Waals surface area contributed by atoms with Crippen molar-refractivity contribution in [3.8, 4) is 5.75 Å². The molecule has 92 valence electrons. The van der Waals surface area contributed by atoms with Crippen molar-refractivity contribution >= 4 is 12.4 Å². The topological polar surface area (TPSA) is 26.3 Å². The standard InChI is InChI=1S/C15H20O2/c1-3-5-7-13-8-9-15(17-11-10-16)14(12-13)6-4-2/h4,6,8-10,12H,3,5,7,11H2,1-2H3/b6-4-. The summed E-state index contributed by atoms with van der Waals surface area (Å²) in [5.41, 5.74) is 2.36. The zero-order chi connectivity index (χ0) is 12.5. The van der Waals surface area contributed by atoms with Crippen molar-refractivity contribution in [1.29, 1.82) is 0 Å². The number of ether oxygens (including phenoxy) is 1. The van der Waals surface area contributed by atoms with Crippen LogP contribution in [0.5, 0.6) is 5.75 Å². The molecule has 0 N–H and O–H groups in total. The summed E-state index contributed by atoms with van der Waals surface area (Å²) < 4.78 is 5.38. The van der Waals surface area contributed by atoms with Gasteiger partial charge in [-0.2, -0.15) is 0 Å². The highest BCUT2D eigenvalue weighted by atomic mass is 16.5. The van der Waals surface area contributed by atoms with E-state index in [4.69, 9.17) is 4.74 Å². The van der Waals surface area contributed by atoms with Crippen molar-refractivity contribution < 1.29 is 9.53 Å². The quantitative estimate of drug-likeness (QED) is 0.671. The SMILES string of the molecule is C/C=C\c1cc(CCCC)ccc1OCC=O. The van der Waals surface area contributed by atoms with Gasteiger partial charge in [-0.3, -0.25) is 4.79 Å². The zero-order valence-electron chi connectivity index (χ0n) is 10.6. The Bertz CT molecular complexity index is 381. The molecule has 1 rings (SSSR count). The first kappa shape index (κ1) is 13.5. The molecule has 1 aromatic rings. The molecule has 1 aromatic carbocycles. The largest absolute Gasteiger partial charge is 0.486 e. The van der Waals surface area contributed by atoms with Crippen molar-refractivity contribution in [2.75, 3.05) is 6.61 Å². The predicted octanol–water partition coefficient (Wildman–Crippen LogP) is 3.64. The molecule has 0 bridgehead atoms. The second kappa shape index (κ2) is 7.66. The van der Waals surface area contributed by atoms with Crippen molar-refractivity contribution in [3.05, 3.63) is 35.4 Å². The molecule has 0 fully saturated rings. The van der Waals surface area contributed by atoms with E-state index in [-0.39, 0.29) is 6.61 Å². The fourth-order valence-electron chi connectivity index (χ4n) is 1.70. The Morgan fingerprint density at radius 3 is 2.82 bits per heavy atom. The number of allylic oxidation sites excluding steroid dienone is 1. The van der Waals surface area contributed by atoms with E-state index in [0.29, 0.717) is 0 Å². The molecule has 0 unspecified atom stereocenters. The molecular formula is C15H20O2. The van der Waals surface area contributed by atoms with Gasteiger partial charge in [0, 0.05) is 5.56 Å². The van der Waals surface area contributed by atoms with Crippen LogP contribution in [0.4, 0.5) is 0 Å². The van der Waals surface area contributed by atoms with Gasteiger partial charge in [-0.1, -0.05) is 31.6 Å². The van der Waals surface area contributed by atoms with Gasteiger partial charge in [0.25, 0.3) is 0 Å². The van der Waals surface area contributed by atoms with E-state index in [1.165, 1.54) is 18.4 Å². The van der Waals surface area contributed by atoms with Crippen LogP contribution in [0.1, 0.15) is 37.8 Å². The summed E-state index contributed by atoms with van der Waals surface area (Å²) in [6.45, 7) is 4.27. The number of hydrogen-bond acceptors (Lipinski definition) is 2. The number of benzene rings is 1. The lowest BCUT2D eigenvalue weighted by molar-refractivity contribution is -0.109. The molecule has 0 heterocycles. The Morgan fingerprint density at radius 2 is 2.18 bits per heavy atom. The maximum atomic E-state index is 10.3. The molecule has 17 heavy (non-hydrogen) atoms. The molecule has 0 radical (unpaired) electrons. The van der Waals surface area contributed by atoms with Gasteiger partial charge in [-0.15, -0.1) is 0 Å². The molecule has 2 nitrogen and oxygen atoms in total. The van der Waals surface area contributed by atoms with E-state index < -0.39 is 0 Å². The summed E-state index contributed by atoms with van der Waals surface area (Å²) in [6, 6.07) is 6.16. The van der Waals surface area contributed by atoms with E-state index in [2.05, 4.69) is 19.1 Å². The molecule has 0 spiro atoms. The molecule has 0 aliphatic carbocycles. The van der Waals surface area contributed by atoms with E-state index in [0.717, 1.165) is 24.0 Å². The Hall–Kier alpha value is -1.57. The summed E-state index contributed by atoms with van der Waals surface area (Å²) in [5.74, 6) is 0.774. The average molecular weight is 232 g/mol. The Labute approximate surface area is 103 Å². The number of aryl methyl sites for hydroxylation is 1. The van der Waals surface area contributed by atoms with Crippen molar-refractivity contribution in [2.24, 2.45) is 0 Å². The summed E-state index contributed by atoms with van der Waals surface area (Å²) in [4.78, 5) is 10.3. The molecule has 2 heteroatoms. The van der Waals surface area contributed by atoms with Crippen LogP contribution in [0.2, 0.25) is 0 Å². The summed E-state index contributed by atoms with van der Waals surface area (Å²) in [7, 11) is 0. The first-order chi connectivity index (χ1) is 8.31. The number of carbonyl (C=O) groups excluding carboxylic acids is 1. The second-order valence-corrected chi connectivity index (χ2v) is 3.95.